The Hall–Kier alpha value is -3.21. The molecule has 2 rings (SSSR count). The molecular weight excluding hydrogens is 392 g/mol. The molecule has 0 heterocycles. The third-order valence-electron chi connectivity index (χ3n) is 5.23. The van der Waals surface area contributed by atoms with Crippen LogP contribution in [0.5, 0.6) is 0 Å². The van der Waals surface area contributed by atoms with Gasteiger partial charge in [0, 0.05) is 6.54 Å². The van der Waals surface area contributed by atoms with Crippen molar-refractivity contribution < 1.29 is 29.9 Å². The number of nitrogens with zero attached hydrogens (tertiary/aromatic N) is 1. The fourth-order valence-electron chi connectivity index (χ4n) is 3.75. The van der Waals surface area contributed by atoms with Gasteiger partial charge in [-0.25, -0.2) is 15.8 Å². The summed E-state index contributed by atoms with van der Waals surface area (Å²) >= 11 is 0. The van der Waals surface area contributed by atoms with E-state index in [0.29, 0.717) is 10.8 Å². The SMILES string of the molecule is CC(C)CN(C(N)=O)C(C)(c1cccc2ccccc12)C(O)(C(=O)NO)C(=O)NO. The lowest BCUT2D eigenvalue weighted by atomic mass is 9.71. The maximum atomic E-state index is 12.6. The minimum Gasteiger partial charge on any atom is -0.369 e. The highest BCUT2D eigenvalue weighted by Gasteiger charge is 2.63. The van der Waals surface area contributed by atoms with Crippen molar-refractivity contribution in [1.82, 2.24) is 15.9 Å². The monoisotopic (exact) mass is 418 g/mol. The number of carbonyl (C=O) groups is 3. The molecule has 0 bridgehead atoms. The first-order valence-electron chi connectivity index (χ1n) is 9.22. The molecule has 1 atom stereocenters. The maximum absolute atomic E-state index is 12.6. The summed E-state index contributed by atoms with van der Waals surface area (Å²) in [4.78, 5) is 38.8. The first-order chi connectivity index (χ1) is 14.0. The molecule has 162 valence electrons. The summed E-state index contributed by atoms with van der Waals surface area (Å²) in [6, 6.07) is 10.8. The van der Waals surface area contributed by atoms with Gasteiger partial charge in [0.15, 0.2) is 0 Å². The summed E-state index contributed by atoms with van der Waals surface area (Å²) in [5.74, 6) is -3.29. The van der Waals surface area contributed by atoms with Crippen molar-refractivity contribution in [2.45, 2.75) is 31.9 Å². The van der Waals surface area contributed by atoms with Crippen molar-refractivity contribution in [1.29, 1.82) is 0 Å². The number of urea groups is 1. The molecule has 0 aliphatic heterocycles. The lowest BCUT2D eigenvalue weighted by molar-refractivity contribution is -0.181. The van der Waals surface area contributed by atoms with Gasteiger partial charge in [-0.1, -0.05) is 56.3 Å². The van der Waals surface area contributed by atoms with Crippen molar-refractivity contribution in [3.63, 3.8) is 0 Å². The first kappa shape index (κ1) is 23.1. The highest BCUT2D eigenvalue weighted by atomic mass is 16.5. The highest BCUT2D eigenvalue weighted by Crippen LogP contribution is 2.43. The fraction of sp³-hybridized carbons (Fsp3) is 0.350. The number of primary amides is 1. The molecule has 10 nitrogen and oxygen atoms in total. The normalized spacial score (nSPS) is 13.6. The Kier molecular flexibility index (Phi) is 6.66. The maximum Gasteiger partial charge on any atom is 0.315 e. The Balaban J connectivity index is 3.02. The van der Waals surface area contributed by atoms with Crippen LogP contribution in [-0.4, -0.2) is 50.4 Å². The summed E-state index contributed by atoms with van der Waals surface area (Å²) in [5.41, 5.74) is 3.03. The Bertz CT molecular complexity index is 942. The number of hydrogen-bond acceptors (Lipinski definition) is 6. The van der Waals surface area contributed by atoms with Gasteiger partial charge in [-0.3, -0.25) is 20.0 Å². The van der Waals surface area contributed by atoms with Gasteiger partial charge < -0.3 is 15.7 Å². The van der Waals surface area contributed by atoms with E-state index in [-0.39, 0.29) is 18.0 Å². The fourth-order valence-corrected chi connectivity index (χ4v) is 3.75. The number of hydrogen-bond donors (Lipinski definition) is 6. The van der Waals surface area contributed by atoms with E-state index in [1.807, 2.05) is 0 Å². The van der Waals surface area contributed by atoms with Crippen LogP contribution in [0.1, 0.15) is 26.3 Å². The molecule has 4 amide bonds. The molecule has 30 heavy (non-hydrogen) atoms. The lowest BCUT2D eigenvalue weighted by Crippen LogP contribution is -2.73. The van der Waals surface area contributed by atoms with E-state index >= 15 is 0 Å². The Morgan fingerprint density at radius 2 is 1.57 bits per heavy atom. The van der Waals surface area contributed by atoms with Crippen LogP contribution in [0.2, 0.25) is 0 Å². The van der Waals surface area contributed by atoms with Crippen molar-refractivity contribution in [3.05, 3.63) is 48.0 Å². The summed E-state index contributed by atoms with van der Waals surface area (Å²) < 4.78 is 0. The number of nitrogens with two attached hydrogens (primary N) is 1. The van der Waals surface area contributed by atoms with Crippen LogP contribution in [0.3, 0.4) is 0 Å². The van der Waals surface area contributed by atoms with E-state index in [2.05, 4.69) is 0 Å². The smallest absolute Gasteiger partial charge is 0.315 e. The molecule has 2 aromatic rings. The van der Waals surface area contributed by atoms with Crippen molar-refractivity contribution in [2.24, 2.45) is 11.7 Å². The van der Waals surface area contributed by atoms with Gasteiger partial charge in [-0.15, -0.1) is 0 Å². The molecule has 0 fully saturated rings. The largest absolute Gasteiger partial charge is 0.369 e. The second-order valence-corrected chi connectivity index (χ2v) is 7.53. The van der Waals surface area contributed by atoms with E-state index in [1.54, 1.807) is 50.2 Å². The van der Waals surface area contributed by atoms with E-state index in [1.165, 1.54) is 24.0 Å². The van der Waals surface area contributed by atoms with Crippen molar-refractivity contribution in [3.8, 4) is 0 Å². The van der Waals surface area contributed by atoms with Gasteiger partial charge in [0.05, 0.1) is 0 Å². The molecule has 0 aliphatic carbocycles. The van der Waals surface area contributed by atoms with Gasteiger partial charge in [-0.2, -0.15) is 0 Å². The second kappa shape index (κ2) is 8.66. The average Bonchev–Trinajstić information content (AvgIpc) is 2.74. The Morgan fingerprint density at radius 3 is 2.07 bits per heavy atom. The molecule has 10 heteroatoms. The number of carbonyl (C=O) groups excluding carboxylic acids is 3. The zero-order valence-electron chi connectivity index (χ0n) is 16.9. The molecule has 1 unspecified atom stereocenters. The number of rotatable bonds is 7. The average molecular weight is 418 g/mol. The zero-order chi connectivity index (χ0) is 22.7. The lowest BCUT2D eigenvalue weighted by Gasteiger charge is -2.49. The zero-order valence-corrected chi connectivity index (χ0v) is 16.9. The molecule has 0 spiro atoms. The van der Waals surface area contributed by atoms with Crippen LogP contribution in [0.4, 0.5) is 4.79 Å². The van der Waals surface area contributed by atoms with E-state index in [9.17, 15) is 29.9 Å². The van der Waals surface area contributed by atoms with Crippen LogP contribution in [0.25, 0.3) is 10.8 Å². The van der Waals surface area contributed by atoms with Gasteiger partial charge in [0.2, 0.25) is 0 Å². The molecule has 0 aromatic heterocycles. The molecule has 0 aliphatic rings. The van der Waals surface area contributed by atoms with E-state index < -0.39 is 29.0 Å². The molecule has 0 saturated heterocycles. The van der Waals surface area contributed by atoms with E-state index in [4.69, 9.17) is 5.73 Å². The number of hydroxylamine groups is 2. The minimum atomic E-state index is -3.16. The second-order valence-electron chi connectivity index (χ2n) is 7.53. The van der Waals surface area contributed by atoms with Gasteiger partial charge >= 0.3 is 6.03 Å². The van der Waals surface area contributed by atoms with E-state index in [0.717, 1.165) is 4.90 Å². The molecule has 0 saturated carbocycles. The van der Waals surface area contributed by atoms with Gasteiger partial charge in [0.1, 0.15) is 5.54 Å². The van der Waals surface area contributed by atoms with Crippen LogP contribution in [-0.2, 0) is 15.1 Å². The predicted molar refractivity (Wildman–Crippen MR) is 107 cm³/mol. The first-order valence-corrected chi connectivity index (χ1v) is 9.22. The summed E-state index contributed by atoms with van der Waals surface area (Å²) in [6.45, 7) is 4.77. The molecule has 0 radical (unpaired) electrons. The summed E-state index contributed by atoms with van der Waals surface area (Å²) in [5, 5.41) is 31.2. The van der Waals surface area contributed by atoms with Gasteiger partial charge in [-0.05, 0) is 29.2 Å². The number of nitrogens with one attached hydrogen (secondary N) is 2. The van der Waals surface area contributed by atoms with Crippen molar-refractivity contribution in [2.75, 3.05) is 6.54 Å². The molecule has 2 aromatic carbocycles. The predicted octanol–water partition coefficient (Wildman–Crippen LogP) is 0.834. The minimum absolute atomic E-state index is 0.0468. The Morgan fingerprint density at radius 1 is 1.03 bits per heavy atom. The third-order valence-corrected chi connectivity index (χ3v) is 5.23. The van der Waals surface area contributed by atoms with Crippen LogP contribution in [0, 0.1) is 5.92 Å². The van der Waals surface area contributed by atoms with Crippen LogP contribution >= 0.6 is 0 Å². The highest BCUT2D eigenvalue weighted by molar-refractivity contribution is 6.10. The number of fused-ring (bicyclic) bond motifs is 1. The van der Waals surface area contributed by atoms with Crippen LogP contribution < -0.4 is 16.7 Å². The van der Waals surface area contributed by atoms with Crippen molar-refractivity contribution >= 4 is 28.6 Å². The standard InChI is InChI=1S/C20H26N4O6/c1-12(2)11-24(18(21)27)19(3,20(28,16(25)22-29)17(26)23-30)15-10-6-8-13-7-4-5-9-14(13)15/h4-10,12,28-30H,11H2,1-3H3,(H2,21,27)(H,22,25)(H,23,26). The molecular formula is C20H26N4O6. The van der Waals surface area contributed by atoms with Gasteiger partial charge in [0.25, 0.3) is 17.4 Å². The Labute approximate surface area is 173 Å². The third kappa shape index (κ3) is 3.56. The topological polar surface area (TPSA) is 165 Å². The van der Waals surface area contributed by atoms with Crippen LogP contribution in [0.15, 0.2) is 42.5 Å². The molecule has 7 N–H and O–H groups in total. The summed E-state index contributed by atoms with van der Waals surface area (Å²) in [6.07, 6.45) is 0. The number of aliphatic hydroxyl groups is 1. The summed E-state index contributed by atoms with van der Waals surface area (Å²) in [7, 11) is 0. The number of benzene rings is 2. The quantitative estimate of drug-likeness (QED) is 0.221. The number of amides is 4.